The average molecular weight is 341 g/mol. The number of oxazole rings is 1. The summed E-state index contributed by atoms with van der Waals surface area (Å²) in [5.41, 5.74) is 2.01. The topological polar surface area (TPSA) is 42.2 Å². The quantitative estimate of drug-likeness (QED) is 0.530. The summed E-state index contributed by atoms with van der Waals surface area (Å²) in [6.45, 7) is 1.55. The lowest BCUT2D eigenvalue weighted by Crippen LogP contribution is -2.17. The number of hydrogen-bond donors (Lipinski definition) is 0. The maximum atomic E-state index is 5.57. The van der Waals surface area contributed by atoms with E-state index in [1.165, 1.54) is 4.70 Å². The summed E-state index contributed by atoms with van der Waals surface area (Å²) in [5, 5.41) is 3.15. The fraction of sp³-hybridized carbons (Fsp3) is 0.176. The fourth-order valence-corrected chi connectivity index (χ4v) is 4.15. The predicted molar refractivity (Wildman–Crippen MR) is 94.6 cm³/mol. The number of hydrogen-bond acceptors (Lipinski definition) is 6. The minimum atomic E-state index is 0.698. The van der Waals surface area contributed by atoms with Gasteiger partial charge in [-0.25, -0.2) is 9.97 Å². The van der Waals surface area contributed by atoms with Gasteiger partial charge in [0.1, 0.15) is 11.3 Å². The van der Waals surface area contributed by atoms with E-state index in [4.69, 9.17) is 4.42 Å². The highest BCUT2D eigenvalue weighted by atomic mass is 32.1. The van der Waals surface area contributed by atoms with Gasteiger partial charge in [-0.15, -0.1) is 22.7 Å². The molecule has 4 aromatic rings. The van der Waals surface area contributed by atoms with E-state index < -0.39 is 0 Å². The first kappa shape index (κ1) is 14.6. The second-order valence-electron chi connectivity index (χ2n) is 5.37. The van der Waals surface area contributed by atoms with E-state index in [9.17, 15) is 0 Å². The smallest absolute Gasteiger partial charge is 0.236 e. The summed E-state index contributed by atoms with van der Waals surface area (Å²) in [5.74, 6) is 0.698. The molecule has 0 atom stereocenters. The van der Waals surface area contributed by atoms with E-state index in [1.54, 1.807) is 28.9 Å². The molecule has 4 nitrogen and oxygen atoms in total. The van der Waals surface area contributed by atoms with Gasteiger partial charge < -0.3 is 4.42 Å². The molecule has 6 heteroatoms. The van der Waals surface area contributed by atoms with Crippen LogP contribution in [0.1, 0.15) is 10.7 Å². The van der Waals surface area contributed by atoms with Gasteiger partial charge in [0.25, 0.3) is 0 Å². The first-order valence-electron chi connectivity index (χ1n) is 7.29. The van der Waals surface area contributed by atoms with E-state index in [1.807, 2.05) is 23.6 Å². The summed E-state index contributed by atoms with van der Waals surface area (Å²) < 4.78 is 6.80. The summed E-state index contributed by atoms with van der Waals surface area (Å²) in [7, 11) is 2.07. The summed E-state index contributed by atoms with van der Waals surface area (Å²) in [6, 6.07) is 12.3. The average Bonchev–Trinajstić information content (AvgIpc) is 3.26. The normalized spacial score (nSPS) is 11.6. The predicted octanol–water partition coefficient (Wildman–Crippen LogP) is 4.64. The summed E-state index contributed by atoms with van der Waals surface area (Å²) >= 11 is 3.38. The molecular formula is C17H15N3OS2. The lowest BCUT2D eigenvalue weighted by Gasteiger charge is -2.12. The van der Waals surface area contributed by atoms with Crippen LogP contribution < -0.4 is 0 Å². The molecule has 23 heavy (non-hydrogen) atoms. The monoisotopic (exact) mass is 341 g/mol. The van der Waals surface area contributed by atoms with Crippen LogP contribution in [0.4, 0.5) is 0 Å². The lowest BCUT2D eigenvalue weighted by atomic mass is 10.3. The van der Waals surface area contributed by atoms with Crippen molar-refractivity contribution in [3.05, 3.63) is 58.7 Å². The number of nitrogens with zero attached hydrogens (tertiary/aromatic N) is 3. The molecule has 3 aromatic heterocycles. The zero-order valence-corrected chi connectivity index (χ0v) is 14.2. The maximum absolute atomic E-state index is 5.57. The van der Waals surface area contributed by atoms with Gasteiger partial charge in [-0.2, -0.15) is 0 Å². The van der Waals surface area contributed by atoms with Crippen molar-refractivity contribution in [2.75, 3.05) is 7.05 Å². The van der Waals surface area contributed by atoms with Crippen molar-refractivity contribution in [1.82, 2.24) is 14.9 Å². The third kappa shape index (κ3) is 3.19. The Morgan fingerprint density at radius 1 is 1.09 bits per heavy atom. The number of benzene rings is 1. The minimum Gasteiger partial charge on any atom is -0.444 e. The molecular weight excluding hydrogens is 326 g/mol. The van der Waals surface area contributed by atoms with E-state index in [-0.39, 0.29) is 0 Å². The second-order valence-corrected chi connectivity index (χ2v) is 7.43. The molecule has 0 aliphatic carbocycles. The van der Waals surface area contributed by atoms with Gasteiger partial charge in [0.15, 0.2) is 0 Å². The number of thiophene rings is 1. The second kappa shape index (κ2) is 6.23. The third-order valence-electron chi connectivity index (χ3n) is 3.46. The zero-order chi connectivity index (χ0) is 15.6. The number of fused-ring (bicyclic) bond motifs is 1. The SMILES string of the molecule is CN(Cc1coc(-c2cccs2)n1)Cc1nc2ccccc2s1. The van der Waals surface area contributed by atoms with Crippen molar-refractivity contribution in [3.63, 3.8) is 0 Å². The van der Waals surface area contributed by atoms with Crippen LogP contribution in [0.5, 0.6) is 0 Å². The Morgan fingerprint density at radius 3 is 2.83 bits per heavy atom. The molecule has 3 heterocycles. The lowest BCUT2D eigenvalue weighted by molar-refractivity contribution is 0.314. The van der Waals surface area contributed by atoms with E-state index >= 15 is 0 Å². The van der Waals surface area contributed by atoms with Gasteiger partial charge in [-0.1, -0.05) is 18.2 Å². The molecule has 0 saturated carbocycles. The fourth-order valence-electron chi connectivity index (χ4n) is 2.44. The van der Waals surface area contributed by atoms with Crippen LogP contribution >= 0.6 is 22.7 Å². The van der Waals surface area contributed by atoms with Crippen LogP contribution in [0.2, 0.25) is 0 Å². The standard InChI is InChI=1S/C17H15N3OS2/c1-20(10-16-19-13-5-2-3-6-14(13)23-16)9-12-11-21-17(18-12)15-7-4-8-22-15/h2-8,11H,9-10H2,1H3. The van der Waals surface area contributed by atoms with Gasteiger partial charge in [0.05, 0.1) is 27.3 Å². The van der Waals surface area contributed by atoms with Crippen LogP contribution in [0.25, 0.3) is 21.0 Å². The molecule has 116 valence electrons. The largest absolute Gasteiger partial charge is 0.444 e. The molecule has 0 spiro atoms. The molecule has 0 unspecified atom stereocenters. The summed E-state index contributed by atoms with van der Waals surface area (Å²) in [4.78, 5) is 12.5. The highest BCUT2D eigenvalue weighted by Crippen LogP contribution is 2.25. The number of aromatic nitrogens is 2. The molecule has 0 N–H and O–H groups in total. The Morgan fingerprint density at radius 2 is 2.00 bits per heavy atom. The minimum absolute atomic E-state index is 0.698. The highest BCUT2D eigenvalue weighted by Gasteiger charge is 2.11. The maximum Gasteiger partial charge on any atom is 0.236 e. The molecule has 4 rings (SSSR count). The number of rotatable bonds is 5. The number of para-hydroxylation sites is 1. The van der Waals surface area contributed by atoms with E-state index in [2.05, 4.69) is 40.1 Å². The zero-order valence-electron chi connectivity index (χ0n) is 12.6. The van der Waals surface area contributed by atoms with Crippen molar-refractivity contribution in [3.8, 4) is 10.8 Å². The van der Waals surface area contributed by atoms with Crippen molar-refractivity contribution < 1.29 is 4.42 Å². The van der Waals surface area contributed by atoms with Crippen molar-refractivity contribution in [1.29, 1.82) is 0 Å². The molecule has 1 aromatic carbocycles. The third-order valence-corrected chi connectivity index (χ3v) is 5.34. The van der Waals surface area contributed by atoms with E-state index in [0.717, 1.165) is 34.2 Å². The van der Waals surface area contributed by atoms with Gasteiger partial charge in [-0.3, -0.25) is 4.90 Å². The Hall–Kier alpha value is -2.02. The Balaban J connectivity index is 1.44. The van der Waals surface area contributed by atoms with Gasteiger partial charge in [-0.05, 0) is 30.6 Å². The Kier molecular flexibility index (Phi) is 3.95. The molecule has 0 radical (unpaired) electrons. The van der Waals surface area contributed by atoms with Crippen molar-refractivity contribution in [2.45, 2.75) is 13.1 Å². The van der Waals surface area contributed by atoms with Gasteiger partial charge >= 0.3 is 0 Å². The molecule has 0 amide bonds. The van der Waals surface area contributed by atoms with Crippen LogP contribution in [-0.4, -0.2) is 21.9 Å². The van der Waals surface area contributed by atoms with Crippen LogP contribution in [-0.2, 0) is 13.1 Å². The first-order valence-corrected chi connectivity index (χ1v) is 8.99. The van der Waals surface area contributed by atoms with Crippen LogP contribution in [0.3, 0.4) is 0 Å². The van der Waals surface area contributed by atoms with E-state index in [0.29, 0.717) is 5.89 Å². The summed E-state index contributed by atoms with van der Waals surface area (Å²) in [6.07, 6.45) is 1.74. The number of thiazole rings is 1. The molecule has 0 aliphatic rings. The Bertz CT molecular complexity index is 878. The molecule has 0 aliphatic heterocycles. The highest BCUT2D eigenvalue weighted by molar-refractivity contribution is 7.18. The van der Waals surface area contributed by atoms with Gasteiger partial charge in [0, 0.05) is 6.54 Å². The molecule has 0 fully saturated rings. The van der Waals surface area contributed by atoms with Crippen LogP contribution in [0, 0.1) is 0 Å². The van der Waals surface area contributed by atoms with Crippen LogP contribution in [0.15, 0.2) is 52.5 Å². The molecule has 0 bridgehead atoms. The molecule has 0 saturated heterocycles. The van der Waals surface area contributed by atoms with Crippen molar-refractivity contribution >= 4 is 32.9 Å². The Labute approximate surface area is 142 Å². The van der Waals surface area contributed by atoms with Gasteiger partial charge in [0.2, 0.25) is 5.89 Å². The first-order chi connectivity index (χ1) is 11.3. The van der Waals surface area contributed by atoms with Crippen molar-refractivity contribution in [2.24, 2.45) is 0 Å².